The third-order valence-corrected chi connectivity index (χ3v) is 3.94. The molecule has 1 amide bonds. The first kappa shape index (κ1) is 14.5. The van der Waals surface area contributed by atoms with Crippen LogP contribution in [-0.2, 0) is 9.59 Å². The van der Waals surface area contributed by atoms with E-state index in [2.05, 4.69) is 0 Å². The number of nitrogens with zero attached hydrogens (tertiary/aromatic N) is 1. The van der Waals surface area contributed by atoms with Crippen LogP contribution in [0.25, 0.3) is 0 Å². The second-order valence-electron chi connectivity index (χ2n) is 5.18. The normalized spacial score (nSPS) is 22.3. The number of hydrogen-bond donors (Lipinski definition) is 1. The van der Waals surface area contributed by atoms with Gasteiger partial charge >= 0.3 is 5.97 Å². The highest BCUT2D eigenvalue weighted by atomic mass is 19.1. The lowest BCUT2D eigenvalue weighted by Gasteiger charge is -2.31. The van der Waals surface area contributed by atoms with Gasteiger partial charge in [-0.05, 0) is 25.0 Å². The molecule has 1 aliphatic rings. The van der Waals surface area contributed by atoms with E-state index >= 15 is 0 Å². The smallest absolute Gasteiger partial charge is 0.307 e. The van der Waals surface area contributed by atoms with Crippen molar-refractivity contribution in [3.63, 3.8) is 0 Å². The van der Waals surface area contributed by atoms with Gasteiger partial charge in [0.05, 0.1) is 17.5 Å². The number of hydrogen-bond acceptors (Lipinski definition) is 2. The maximum absolute atomic E-state index is 13.7. The zero-order chi connectivity index (χ0) is 14.7. The topological polar surface area (TPSA) is 57.6 Å². The Hall–Kier alpha value is -1.91. The van der Waals surface area contributed by atoms with Crippen molar-refractivity contribution < 1.29 is 19.1 Å². The van der Waals surface area contributed by atoms with Crippen LogP contribution in [0.1, 0.15) is 25.7 Å². The fourth-order valence-electron chi connectivity index (χ4n) is 2.81. The maximum Gasteiger partial charge on any atom is 0.307 e. The van der Waals surface area contributed by atoms with Gasteiger partial charge in [0.1, 0.15) is 5.82 Å². The highest BCUT2D eigenvalue weighted by Crippen LogP contribution is 2.33. The molecule has 0 bridgehead atoms. The number of carbonyl (C=O) groups excluding carboxylic acids is 1. The van der Waals surface area contributed by atoms with Gasteiger partial charge in [-0.1, -0.05) is 25.0 Å². The van der Waals surface area contributed by atoms with E-state index in [9.17, 15) is 19.1 Å². The van der Waals surface area contributed by atoms with Gasteiger partial charge in [0.25, 0.3) is 0 Å². The van der Waals surface area contributed by atoms with Crippen LogP contribution in [0, 0.1) is 17.7 Å². The predicted octanol–water partition coefficient (Wildman–Crippen LogP) is 2.68. The lowest BCUT2D eigenvalue weighted by atomic mass is 9.78. The molecule has 108 valence electrons. The molecule has 5 heteroatoms. The summed E-state index contributed by atoms with van der Waals surface area (Å²) >= 11 is 0. The molecule has 1 aliphatic carbocycles. The van der Waals surface area contributed by atoms with Crippen molar-refractivity contribution in [2.45, 2.75) is 25.7 Å². The first-order chi connectivity index (χ1) is 9.52. The Morgan fingerprint density at radius 3 is 2.40 bits per heavy atom. The van der Waals surface area contributed by atoms with Crippen molar-refractivity contribution in [2.75, 3.05) is 11.9 Å². The van der Waals surface area contributed by atoms with Crippen LogP contribution >= 0.6 is 0 Å². The first-order valence-corrected chi connectivity index (χ1v) is 6.77. The zero-order valence-electron chi connectivity index (χ0n) is 11.4. The summed E-state index contributed by atoms with van der Waals surface area (Å²) < 4.78 is 13.7. The monoisotopic (exact) mass is 279 g/mol. The van der Waals surface area contributed by atoms with Crippen LogP contribution in [0.5, 0.6) is 0 Å². The van der Waals surface area contributed by atoms with Crippen molar-refractivity contribution >= 4 is 17.6 Å². The van der Waals surface area contributed by atoms with Gasteiger partial charge < -0.3 is 10.0 Å². The third-order valence-electron chi connectivity index (χ3n) is 3.94. The number of carboxylic acids is 1. The number of rotatable bonds is 3. The summed E-state index contributed by atoms with van der Waals surface area (Å²) in [6.07, 6.45) is 2.72. The Morgan fingerprint density at radius 1 is 1.20 bits per heavy atom. The van der Waals surface area contributed by atoms with Gasteiger partial charge in [-0.3, -0.25) is 9.59 Å². The molecule has 0 heterocycles. The van der Waals surface area contributed by atoms with Crippen molar-refractivity contribution in [1.29, 1.82) is 0 Å². The molecule has 0 aromatic heterocycles. The molecule has 0 saturated heterocycles. The van der Waals surface area contributed by atoms with Crippen molar-refractivity contribution in [3.8, 4) is 0 Å². The minimum absolute atomic E-state index is 0.187. The van der Waals surface area contributed by atoms with Gasteiger partial charge in [-0.15, -0.1) is 0 Å². The first-order valence-electron chi connectivity index (χ1n) is 6.77. The van der Waals surface area contributed by atoms with Crippen LogP contribution in [0.2, 0.25) is 0 Å². The fourth-order valence-corrected chi connectivity index (χ4v) is 2.81. The van der Waals surface area contributed by atoms with E-state index in [0.717, 1.165) is 12.8 Å². The van der Waals surface area contributed by atoms with Crippen molar-refractivity contribution in [3.05, 3.63) is 30.1 Å². The number of amides is 1. The molecule has 1 fully saturated rings. The Morgan fingerprint density at radius 2 is 1.80 bits per heavy atom. The lowest BCUT2D eigenvalue weighted by molar-refractivity contribution is -0.148. The zero-order valence-corrected chi connectivity index (χ0v) is 11.4. The van der Waals surface area contributed by atoms with Crippen LogP contribution in [-0.4, -0.2) is 24.0 Å². The Kier molecular flexibility index (Phi) is 4.37. The van der Waals surface area contributed by atoms with E-state index in [4.69, 9.17) is 0 Å². The average molecular weight is 279 g/mol. The summed E-state index contributed by atoms with van der Waals surface area (Å²) in [5.41, 5.74) is 0.187. The molecule has 1 aromatic rings. The minimum Gasteiger partial charge on any atom is -0.481 e. The summed E-state index contributed by atoms with van der Waals surface area (Å²) in [5, 5.41) is 9.22. The highest BCUT2D eigenvalue weighted by molar-refractivity contribution is 5.97. The van der Waals surface area contributed by atoms with Crippen LogP contribution in [0.4, 0.5) is 10.1 Å². The molecule has 2 unspecified atom stereocenters. The van der Waals surface area contributed by atoms with Gasteiger partial charge in [-0.25, -0.2) is 4.39 Å². The van der Waals surface area contributed by atoms with Crippen molar-refractivity contribution in [2.24, 2.45) is 11.8 Å². The second kappa shape index (κ2) is 6.03. The number of anilines is 1. The van der Waals surface area contributed by atoms with Gasteiger partial charge in [0.2, 0.25) is 5.91 Å². The number of aliphatic carboxylic acids is 1. The number of benzene rings is 1. The van der Waals surface area contributed by atoms with Crippen LogP contribution in [0.3, 0.4) is 0 Å². The molecule has 1 saturated carbocycles. The predicted molar refractivity (Wildman–Crippen MR) is 72.9 cm³/mol. The summed E-state index contributed by atoms with van der Waals surface area (Å²) in [6.45, 7) is 0. The van der Waals surface area contributed by atoms with Crippen LogP contribution in [0.15, 0.2) is 24.3 Å². The average Bonchev–Trinajstić information content (AvgIpc) is 2.46. The molecule has 2 rings (SSSR count). The molecule has 2 atom stereocenters. The Balaban J connectivity index is 2.21. The molecule has 0 aliphatic heterocycles. The van der Waals surface area contributed by atoms with Gasteiger partial charge in [0, 0.05) is 7.05 Å². The molecule has 1 N–H and O–H groups in total. The number of carbonyl (C=O) groups is 2. The number of halogens is 1. The van der Waals surface area contributed by atoms with Crippen LogP contribution < -0.4 is 4.90 Å². The third kappa shape index (κ3) is 2.81. The largest absolute Gasteiger partial charge is 0.481 e. The second-order valence-corrected chi connectivity index (χ2v) is 5.18. The standard InChI is InChI=1S/C15H18FNO3/c1-17(13-9-5-4-8-12(13)16)14(18)10-6-2-3-7-11(10)15(19)20/h4-5,8-11H,2-3,6-7H2,1H3,(H,19,20). The summed E-state index contributed by atoms with van der Waals surface area (Å²) in [5.74, 6) is -2.96. The Bertz CT molecular complexity index is 518. The minimum atomic E-state index is -0.940. The number of para-hydroxylation sites is 1. The summed E-state index contributed by atoms with van der Waals surface area (Å²) in [7, 11) is 1.49. The Labute approximate surface area is 117 Å². The van der Waals surface area contributed by atoms with E-state index in [0.29, 0.717) is 12.8 Å². The quantitative estimate of drug-likeness (QED) is 0.925. The van der Waals surface area contributed by atoms with E-state index < -0.39 is 23.6 Å². The van der Waals surface area contributed by atoms with E-state index in [1.54, 1.807) is 12.1 Å². The van der Waals surface area contributed by atoms with E-state index in [-0.39, 0.29) is 11.6 Å². The molecule has 1 aromatic carbocycles. The SMILES string of the molecule is CN(C(=O)C1CCCCC1C(=O)O)c1ccccc1F. The lowest BCUT2D eigenvalue weighted by Crippen LogP contribution is -2.41. The maximum atomic E-state index is 13.7. The molecule has 20 heavy (non-hydrogen) atoms. The van der Waals surface area contributed by atoms with Gasteiger partial charge in [-0.2, -0.15) is 0 Å². The van der Waals surface area contributed by atoms with Crippen molar-refractivity contribution in [1.82, 2.24) is 0 Å². The molecule has 0 spiro atoms. The molecule has 0 radical (unpaired) electrons. The molecule has 4 nitrogen and oxygen atoms in total. The van der Waals surface area contributed by atoms with Gasteiger partial charge in [0.15, 0.2) is 0 Å². The van der Waals surface area contributed by atoms with E-state index in [1.165, 1.54) is 24.1 Å². The summed E-state index contributed by atoms with van der Waals surface area (Å²) in [4.78, 5) is 24.9. The fraction of sp³-hybridized carbons (Fsp3) is 0.467. The summed E-state index contributed by atoms with van der Waals surface area (Å²) in [6, 6.07) is 6.01. The highest BCUT2D eigenvalue weighted by Gasteiger charge is 2.37. The number of carboxylic acid groups (broad SMARTS) is 1. The molecular weight excluding hydrogens is 261 g/mol. The van der Waals surface area contributed by atoms with E-state index in [1.807, 2.05) is 0 Å². The molecular formula is C15H18FNO3.